The van der Waals surface area contributed by atoms with Crippen molar-refractivity contribution in [3.63, 3.8) is 0 Å². The van der Waals surface area contributed by atoms with Gasteiger partial charge in [0.15, 0.2) is 5.54 Å². The first kappa shape index (κ1) is 10.6. The van der Waals surface area contributed by atoms with Crippen molar-refractivity contribution in [1.29, 1.82) is 0 Å². The van der Waals surface area contributed by atoms with E-state index in [1.54, 1.807) is 0 Å². The summed E-state index contributed by atoms with van der Waals surface area (Å²) in [6, 6.07) is 0. The normalized spacial score (nSPS) is 25.9. The van der Waals surface area contributed by atoms with E-state index >= 15 is 0 Å². The Hall–Kier alpha value is -1.52. The molecule has 0 radical (unpaired) electrons. The molecule has 0 bridgehead atoms. The lowest BCUT2D eigenvalue weighted by Crippen LogP contribution is -2.51. The van der Waals surface area contributed by atoms with Crippen molar-refractivity contribution in [3.05, 3.63) is 12.7 Å². The van der Waals surface area contributed by atoms with Crippen LogP contribution in [0.4, 0.5) is 4.79 Å². The lowest BCUT2D eigenvalue weighted by molar-refractivity contribution is -0.145. The molecule has 5 heteroatoms. The molecule has 0 aliphatic carbocycles. The average molecular weight is 199 g/mol. The number of rotatable bonds is 2. The Kier molecular flexibility index (Phi) is 2.78. The van der Waals surface area contributed by atoms with Gasteiger partial charge in [0, 0.05) is 6.54 Å². The van der Waals surface area contributed by atoms with Crippen molar-refractivity contribution < 1.29 is 19.4 Å². The van der Waals surface area contributed by atoms with Crippen molar-refractivity contribution >= 4 is 12.1 Å². The van der Waals surface area contributed by atoms with E-state index in [0.29, 0.717) is 19.4 Å². The van der Waals surface area contributed by atoms with Crippen LogP contribution in [0.5, 0.6) is 0 Å². The minimum absolute atomic E-state index is 0.390. The fraction of sp³-hybridized carbons (Fsp3) is 0.556. The molecule has 0 spiro atoms. The highest BCUT2D eigenvalue weighted by Crippen LogP contribution is 2.31. The van der Waals surface area contributed by atoms with Crippen LogP contribution in [-0.4, -0.2) is 41.3 Å². The highest BCUT2D eigenvalue weighted by atomic mass is 16.5. The Morgan fingerprint density at radius 1 is 1.64 bits per heavy atom. The van der Waals surface area contributed by atoms with Crippen molar-refractivity contribution in [2.45, 2.75) is 18.4 Å². The van der Waals surface area contributed by atoms with Gasteiger partial charge >= 0.3 is 12.1 Å². The lowest BCUT2D eigenvalue weighted by atomic mass is 9.97. The zero-order valence-electron chi connectivity index (χ0n) is 8.02. The predicted molar refractivity (Wildman–Crippen MR) is 48.9 cm³/mol. The van der Waals surface area contributed by atoms with E-state index in [0.717, 1.165) is 0 Å². The van der Waals surface area contributed by atoms with E-state index in [-0.39, 0.29) is 0 Å². The Morgan fingerprint density at radius 3 is 2.71 bits per heavy atom. The van der Waals surface area contributed by atoms with Crippen LogP contribution in [0.25, 0.3) is 0 Å². The van der Waals surface area contributed by atoms with Crippen molar-refractivity contribution in [1.82, 2.24) is 4.90 Å². The molecule has 1 heterocycles. The molecule has 0 aromatic carbocycles. The topological polar surface area (TPSA) is 66.8 Å². The molecule has 14 heavy (non-hydrogen) atoms. The second-order valence-corrected chi connectivity index (χ2v) is 3.16. The van der Waals surface area contributed by atoms with E-state index in [9.17, 15) is 9.59 Å². The van der Waals surface area contributed by atoms with Crippen LogP contribution in [-0.2, 0) is 9.53 Å². The zero-order chi connectivity index (χ0) is 10.8. The number of carbonyl (C=O) groups is 2. The minimum Gasteiger partial charge on any atom is -0.479 e. The van der Waals surface area contributed by atoms with Gasteiger partial charge in [-0.1, -0.05) is 6.08 Å². The summed E-state index contributed by atoms with van der Waals surface area (Å²) in [5.41, 5.74) is -1.28. The molecule has 78 valence electrons. The van der Waals surface area contributed by atoms with E-state index < -0.39 is 17.6 Å². The van der Waals surface area contributed by atoms with Gasteiger partial charge in [-0.2, -0.15) is 0 Å². The minimum atomic E-state index is -1.28. The van der Waals surface area contributed by atoms with E-state index in [2.05, 4.69) is 11.3 Å². The molecule has 1 fully saturated rings. The smallest absolute Gasteiger partial charge is 0.410 e. The molecule has 1 amide bonds. The van der Waals surface area contributed by atoms with E-state index in [1.165, 1.54) is 18.1 Å². The molecule has 1 rings (SSSR count). The molecule has 1 N–H and O–H groups in total. The number of ether oxygens (including phenoxy) is 1. The highest BCUT2D eigenvalue weighted by Gasteiger charge is 2.48. The molecular weight excluding hydrogens is 186 g/mol. The summed E-state index contributed by atoms with van der Waals surface area (Å²) in [5, 5.41) is 9.06. The maximum atomic E-state index is 11.3. The highest BCUT2D eigenvalue weighted by molar-refractivity contribution is 5.87. The summed E-state index contributed by atoms with van der Waals surface area (Å²) in [5.74, 6) is -1.06. The molecule has 5 nitrogen and oxygen atoms in total. The van der Waals surface area contributed by atoms with Gasteiger partial charge in [0.25, 0.3) is 0 Å². The molecule has 0 aromatic heterocycles. The number of carboxylic acid groups (broad SMARTS) is 1. The van der Waals surface area contributed by atoms with Gasteiger partial charge in [0.1, 0.15) is 0 Å². The molecule has 0 saturated carbocycles. The Labute approximate surface area is 82.0 Å². The lowest BCUT2D eigenvalue weighted by Gasteiger charge is -2.30. The molecule has 0 aromatic rings. The largest absolute Gasteiger partial charge is 0.479 e. The Balaban J connectivity index is 3.00. The number of carboxylic acids is 1. The summed E-state index contributed by atoms with van der Waals surface area (Å²) in [7, 11) is 1.23. The standard InChI is InChI=1S/C9H13NO4/c1-3-9(7(11)12)5-4-6-10(9)8(13)14-2/h3H,1,4-6H2,2H3,(H,11,12)/t9-/m1/s1. The monoisotopic (exact) mass is 199 g/mol. The van der Waals surface area contributed by atoms with Gasteiger partial charge in [-0.25, -0.2) is 9.59 Å². The van der Waals surface area contributed by atoms with Crippen LogP contribution in [0.2, 0.25) is 0 Å². The molecule has 1 atom stereocenters. The summed E-state index contributed by atoms with van der Waals surface area (Å²) >= 11 is 0. The molecule has 0 unspecified atom stereocenters. The van der Waals surface area contributed by atoms with E-state index in [1.807, 2.05) is 0 Å². The number of likely N-dealkylation sites (tertiary alicyclic amines) is 1. The SMILES string of the molecule is C=C[C@]1(C(=O)O)CCCN1C(=O)OC. The van der Waals surface area contributed by atoms with Gasteiger partial charge in [-0.05, 0) is 12.8 Å². The maximum Gasteiger partial charge on any atom is 0.410 e. The number of methoxy groups -OCH3 is 1. The summed E-state index contributed by atoms with van der Waals surface area (Å²) in [4.78, 5) is 23.5. The third-order valence-electron chi connectivity index (χ3n) is 2.52. The van der Waals surface area contributed by atoms with Gasteiger partial charge < -0.3 is 9.84 Å². The van der Waals surface area contributed by atoms with Crippen LogP contribution < -0.4 is 0 Å². The van der Waals surface area contributed by atoms with Gasteiger partial charge in [0.05, 0.1) is 7.11 Å². The first-order chi connectivity index (χ1) is 6.58. The summed E-state index contributed by atoms with van der Waals surface area (Å²) in [6.07, 6.45) is 1.71. The fourth-order valence-electron chi connectivity index (χ4n) is 1.73. The summed E-state index contributed by atoms with van der Waals surface area (Å²) in [6.45, 7) is 3.87. The number of aliphatic carboxylic acids is 1. The molecule has 1 aliphatic rings. The Morgan fingerprint density at radius 2 is 2.29 bits per heavy atom. The number of nitrogens with zero attached hydrogens (tertiary/aromatic N) is 1. The molecule has 1 aliphatic heterocycles. The van der Waals surface area contributed by atoms with Crippen molar-refractivity contribution in [3.8, 4) is 0 Å². The second kappa shape index (κ2) is 3.69. The van der Waals surface area contributed by atoms with Gasteiger partial charge in [0.2, 0.25) is 0 Å². The van der Waals surface area contributed by atoms with Crippen LogP contribution in [0.15, 0.2) is 12.7 Å². The fourth-order valence-corrected chi connectivity index (χ4v) is 1.73. The maximum absolute atomic E-state index is 11.3. The number of carbonyl (C=O) groups excluding carboxylic acids is 1. The zero-order valence-corrected chi connectivity index (χ0v) is 8.02. The average Bonchev–Trinajstić information content (AvgIpc) is 2.61. The van der Waals surface area contributed by atoms with Crippen LogP contribution in [0.1, 0.15) is 12.8 Å². The van der Waals surface area contributed by atoms with Gasteiger partial charge in [-0.15, -0.1) is 6.58 Å². The third kappa shape index (κ3) is 1.34. The Bertz CT molecular complexity index is 276. The van der Waals surface area contributed by atoms with Crippen LogP contribution in [0.3, 0.4) is 0 Å². The third-order valence-corrected chi connectivity index (χ3v) is 2.52. The van der Waals surface area contributed by atoms with Gasteiger partial charge in [-0.3, -0.25) is 4.90 Å². The quantitative estimate of drug-likeness (QED) is 0.670. The second-order valence-electron chi connectivity index (χ2n) is 3.16. The van der Waals surface area contributed by atoms with Crippen molar-refractivity contribution in [2.75, 3.05) is 13.7 Å². The number of hydrogen-bond donors (Lipinski definition) is 1. The molecular formula is C9H13NO4. The van der Waals surface area contributed by atoms with Crippen LogP contribution in [0, 0.1) is 0 Å². The molecule has 1 saturated heterocycles. The predicted octanol–water partition coefficient (Wildman–Crippen LogP) is 0.858. The number of amides is 1. The first-order valence-corrected chi connectivity index (χ1v) is 4.31. The van der Waals surface area contributed by atoms with Crippen molar-refractivity contribution in [2.24, 2.45) is 0 Å². The first-order valence-electron chi connectivity index (χ1n) is 4.31. The number of hydrogen-bond acceptors (Lipinski definition) is 3. The van der Waals surface area contributed by atoms with Crippen LogP contribution >= 0.6 is 0 Å². The summed E-state index contributed by atoms with van der Waals surface area (Å²) < 4.78 is 4.52. The van der Waals surface area contributed by atoms with E-state index in [4.69, 9.17) is 5.11 Å².